The molecule has 0 bridgehead atoms. The quantitative estimate of drug-likeness (QED) is 0.880. The number of rotatable bonds is 5. The van der Waals surface area contributed by atoms with Crippen molar-refractivity contribution in [2.24, 2.45) is 0 Å². The van der Waals surface area contributed by atoms with E-state index in [2.05, 4.69) is 15.4 Å². The third kappa shape index (κ3) is 3.01. The molecule has 0 aliphatic carbocycles. The zero-order valence-electron chi connectivity index (χ0n) is 12.9. The van der Waals surface area contributed by atoms with Gasteiger partial charge in [-0.1, -0.05) is 6.92 Å². The summed E-state index contributed by atoms with van der Waals surface area (Å²) in [5.41, 5.74) is -0.497. The molecular formula is C14H18N4O3S. The van der Waals surface area contributed by atoms with Gasteiger partial charge in [0.1, 0.15) is 4.88 Å². The Bertz CT molecular complexity index is 717. The number of nitrogens with one attached hydrogen (secondary N) is 1. The molecule has 0 aliphatic rings. The first-order chi connectivity index (χ1) is 10.3. The fraction of sp³-hybridized carbons (Fsp3) is 0.429. The molecule has 8 heteroatoms. The van der Waals surface area contributed by atoms with Crippen molar-refractivity contribution in [1.29, 1.82) is 0 Å². The predicted molar refractivity (Wildman–Crippen MR) is 83.4 cm³/mol. The average Bonchev–Trinajstić information content (AvgIpc) is 3.05. The van der Waals surface area contributed by atoms with Gasteiger partial charge in [0.15, 0.2) is 11.4 Å². The summed E-state index contributed by atoms with van der Waals surface area (Å²) in [6.45, 7) is 6.84. The molecule has 2 rings (SSSR count). The van der Waals surface area contributed by atoms with E-state index in [4.69, 9.17) is 0 Å². The molecule has 0 spiro atoms. The minimum Gasteiger partial charge on any atom is -0.479 e. The summed E-state index contributed by atoms with van der Waals surface area (Å²) in [7, 11) is 0. The van der Waals surface area contributed by atoms with Gasteiger partial charge in [0.2, 0.25) is 0 Å². The lowest BCUT2D eigenvalue weighted by molar-refractivity contribution is -0.146. The van der Waals surface area contributed by atoms with Crippen LogP contribution in [0.4, 0.5) is 5.82 Å². The van der Waals surface area contributed by atoms with E-state index in [-0.39, 0.29) is 5.91 Å². The maximum Gasteiger partial charge on any atom is 0.331 e. The Hall–Kier alpha value is -2.22. The van der Waals surface area contributed by atoms with Crippen LogP contribution in [0.25, 0.3) is 0 Å². The van der Waals surface area contributed by atoms with Crippen molar-refractivity contribution in [3.63, 3.8) is 0 Å². The Labute approximate surface area is 132 Å². The smallest absolute Gasteiger partial charge is 0.331 e. The molecule has 0 saturated heterocycles. The molecule has 7 nitrogen and oxygen atoms in total. The van der Waals surface area contributed by atoms with Crippen LogP contribution in [-0.4, -0.2) is 31.7 Å². The van der Waals surface area contributed by atoms with Crippen LogP contribution in [0.3, 0.4) is 0 Å². The highest BCUT2D eigenvalue weighted by Gasteiger charge is 2.30. The molecule has 0 saturated carbocycles. The Morgan fingerprint density at radius 1 is 1.45 bits per heavy atom. The zero-order chi connectivity index (χ0) is 16.5. The van der Waals surface area contributed by atoms with Crippen LogP contribution in [0.15, 0.2) is 12.3 Å². The fourth-order valence-corrected chi connectivity index (χ4v) is 2.69. The normalized spacial score (nSPS) is 11.5. The molecule has 0 aromatic carbocycles. The number of thiazole rings is 1. The molecule has 2 aromatic heterocycles. The SMILES string of the molecule is CCc1nc(C)c(C(=O)Nc2ccn(C(C)(C)C(=O)O)n2)s1. The number of carboxylic acids is 1. The number of amides is 1. The van der Waals surface area contributed by atoms with Crippen molar-refractivity contribution < 1.29 is 14.7 Å². The van der Waals surface area contributed by atoms with Gasteiger partial charge >= 0.3 is 5.97 Å². The molecule has 0 fully saturated rings. The molecule has 2 aromatic rings. The van der Waals surface area contributed by atoms with E-state index < -0.39 is 11.5 Å². The van der Waals surface area contributed by atoms with Gasteiger partial charge in [0, 0.05) is 12.3 Å². The van der Waals surface area contributed by atoms with Crippen molar-refractivity contribution >= 4 is 29.0 Å². The van der Waals surface area contributed by atoms with Crippen molar-refractivity contribution in [2.45, 2.75) is 39.7 Å². The molecule has 0 unspecified atom stereocenters. The second-order valence-corrected chi connectivity index (χ2v) is 6.42. The van der Waals surface area contributed by atoms with E-state index in [9.17, 15) is 14.7 Å². The standard InChI is InChI=1S/C14H18N4O3S/c1-5-10-15-8(2)11(22-10)12(19)16-9-6-7-18(17-9)14(3,4)13(20)21/h6-7H,5H2,1-4H3,(H,20,21)(H,16,17,19). The number of carboxylic acid groups (broad SMARTS) is 1. The monoisotopic (exact) mass is 322 g/mol. The van der Waals surface area contributed by atoms with Gasteiger partial charge < -0.3 is 10.4 Å². The highest BCUT2D eigenvalue weighted by molar-refractivity contribution is 7.13. The Morgan fingerprint density at radius 3 is 2.68 bits per heavy atom. The van der Waals surface area contributed by atoms with Gasteiger partial charge in [-0.15, -0.1) is 11.3 Å². The van der Waals surface area contributed by atoms with Crippen LogP contribution < -0.4 is 5.32 Å². The van der Waals surface area contributed by atoms with Gasteiger partial charge in [-0.2, -0.15) is 5.10 Å². The molecule has 0 atom stereocenters. The van der Waals surface area contributed by atoms with E-state index in [0.717, 1.165) is 11.4 Å². The van der Waals surface area contributed by atoms with Crippen LogP contribution in [0, 0.1) is 6.92 Å². The van der Waals surface area contributed by atoms with Crippen molar-refractivity contribution in [3.8, 4) is 0 Å². The number of anilines is 1. The minimum absolute atomic E-state index is 0.284. The number of hydrogen-bond donors (Lipinski definition) is 2. The molecule has 2 heterocycles. The number of nitrogens with zero attached hydrogens (tertiary/aromatic N) is 3. The summed E-state index contributed by atoms with van der Waals surface area (Å²) in [4.78, 5) is 28.3. The lowest BCUT2D eigenvalue weighted by Gasteiger charge is -2.19. The topological polar surface area (TPSA) is 97.1 Å². The zero-order valence-corrected chi connectivity index (χ0v) is 13.7. The van der Waals surface area contributed by atoms with Crippen LogP contribution in [0.1, 0.15) is 41.1 Å². The fourth-order valence-electron chi connectivity index (χ4n) is 1.79. The number of aryl methyl sites for hydroxylation is 2. The lowest BCUT2D eigenvalue weighted by atomic mass is 10.1. The van der Waals surface area contributed by atoms with Gasteiger partial charge in [0.05, 0.1) is 10.7 Å². The first-order valence-electron chi connectivity index (χ1n) is 6.83. The maximum absolute atomic E-state index is 12.3. The molecule has 2 N–H and O–H groups in total. The van der Waals surface area contributed by atoms with E-state index >= 15 is 0 Å². The van der Waals surface area contributed by atoms with Crippen LogP contribution in [0.2, 0.25) is 0 Å². The summed E-state index contributed by atoms with van der Waals surface area (Å²) in [5, 5.41) is 16.9. The minimum atomic E-state index is -1.18. The Morgan fingerprint density at radius 2 is 2.14 bits per heavy atom. The number of aliphatic carboxylic acids is 1. The molecule has 22 heavy (non-hydrogen) atoms. The van der Waals surface area contributed by atoms with Crippen molar-refractivity contribution in [2.75, 3.05) is 5.32 Å². The molecule has 118 valence electrons. The summed E-state index contributed by atoms with van der Waals surface area (Å²) in [5.74, 6) is -0.974. The maximum atomic E-state index is 12.3. The first-order valence-corrected chi connectivity index (χ1v) is 7.64. The first kappa shape index (κ1) is 16.2. The molecular weight excluding hydrogens is 304 g/mol. The van der Waals surface area contributed by atoms with Crippen LogP contribution in [-0.2, 0) is 16.8 Å². The summed E-state index contributed by atoms with van der Waals surface area (Å²) in [6, 6.07) is 1.57. The Balaban J connectivity index is 2.18. The van der Waals surface area contributed by atoms with E-state index in [1.807, 2.05) is 6.92 Å². The number of aromatic nitrogens is 3. The molecule has 1 amide bonds. The van der Waals surface area contributed by atoms with E-state index in [1.165, 1.54) is 36.1 Å². The van der Waals surface area contributed by atoms with E-state index in [1.54, 1.807) is 13.0 Å². The summed E-state index contributed by atoms with van der Waals surface area (Å²) < 4.78 is 1.31. The second-order valence-electron chi connectivity index (χ2n) is 5.34. The Kier molecular flexibility index (Phi) is 4.32. The number of hydrogen-bond acceptors (Lipinski definition) is 5. The largest absolute Gasteiger partial charge is 0.479 e. The average molecular weight is 322 g/mol. The molecule has 0 radical (unpaired) electrons. The lowest BCUT2D eigenvalue weighted by Crippen LogP contribution is -2.36. The summed E-state index contributed by atoms with van der Waals surface area (Å²) >= 11 is 1.35. The van der Waals surface area contributed by atoms with Crippen molar-refractivity contribution in [3.05, 3.63) is 27.8 Å². The summed E-state index contributed by atoms with van der Waals surface area (Å²) in [6.07, 6.45) is 2.31. The second kappa shape index (κ2) is 5.88. The van der Waals surface area contributed by atoms with Gasteiger partial charge in [0.25, 0.3) is 5.91 Å². The predicted octanol–water partition coefficient (Wildman–Crippen LogP) is 2.28. The van der Waals surface area contributed by atoms with Gasteiger partial charge in [-0.3, -0.25) is 9.48 Å². The van der Waals surface area contributed by atoms with Crippen LogP contribution in [0.5, 0.6) is 0 Å². The molecule has 0 aliphatic heterocycles. The van der Waals surface area contributed by atoms with Gasteiger partial charge in [-0.05, 0) is 27.2 Å². The van der Waals surface area contributed by atoms with E-state index in [0.29, 0.717) is 16.4 Å². The third-order valence-corrected chi connectivity index (χ3v) is 4.58. The number of carbonyl (C=O) groups is 2. The highest BCUT2D eigenvalue weighted by Crippen LogP contribution is 2.21. The van der Waals surface area contributed by atoms with Crippen molar-refractivity contribution in [1.82, 2.24) is 14.8 Å². The third-order valence-electron chi connectivity index (χ3n) is 3.28. The number of carbonyl (C=O) groups excluding carboxylic acids is 1. The highest BCUT2D eigenvalue weighted by atomic mass is 32.1. The van der Waals surface area contributed by atoms with Gasteiger partial charge in [-0.25, -0.2) is 9.78 Å². The van der Waals surface area contributed by atoms with Crippen LogP contribution >= 0.6 is 11.3 Å².